The van der Waals surface area contributed by atoms with Gasteiger partial charge in [0.2, 0.25) is 5.16 Å². The van der Waals surface area contributed by atoms with Gasteiger partial charge in [0.15, 0.2) is 0 Å². The molecule has 0 spiro atoms. The maximum Gasteiger partial charge on any atom is 0.250 e. The minimum atomic E-state index is -0.0251. The molecule has 0 bridgehead atoms. The van der Waals surface area contributed by atoms with Crippen molar-refractivity contribution in [3.63, 3.8) is 0 Å². The fourth-order valence-corrected chi connectivity index (χ4v) is 2.28. The standard InChI is InChI=1S/C11H15N5OS/c1-8-13-11(15-14-8)18-6-2-5-16-7-9(12)3-4-10(16)17/h3-4,7H,2,5-6,12H2,1H3,(H,13,14,15). The van der Waals surface area contributed by atoms with Gasteiger partial charge in [-0.15, -0.1) is 5.10 Å². The minimum Gasteiger partial charge on any atom is -0.398 e. The first kappa shape index (κ1) is 12.7. The maximum atomic E-state index is 11.5. The maximum absolute atomic E-state index is 11.5. The van der Waals surface area contributed by atoms with Crippen LogP contribution in [0.4, 0.5) is 5.69 Å². The molecule has 0 radical (unpaired) electrons. The fraction of sp³-hybridized carbons (Fsp3) is 0.364. The van der Waals surface area contributed by atoms with E-state index < -0.39 is 0 Å². The van der Waals surface area contributed by atoms with E-state index in [-0.39, 0.29) is 5.56 Å². The van der Waals surface area contributed by atoms with Crippen molar-refractivity contribution in [2.45, 2.75) is 25.0 Å². The zero-order valence-electron chi connectivity index (χ0n) is 10.1. The number of pyridine rings is 1. The molecule has 0 aromatic carbocycles. The lowest BCUT2D eigenvalue weighted by Crippen LogP contribution is -2.19. The smallest absolute Gasteiger partial charge is 0.250 e. The van der Waals surface area contributed by atoms with Gasteiger partial charge in [0, 0.05) is 30.2 Å². The summed E-state index contributed by atoms with van der Waals surface area (Å²) in [5.74, 6) is 1.67. The number of thioether (sulfide) groups is 1. The number of rotatable bonds is 5. The van der Waals surface area contributed by atoms with E-state index in [9.17, 15) is 4.79 Å². The fourth-order valence-electron chi connectivity index (χ4n) is 1.51. The second kappa shape index (κ2) is 5.72. The molecule has 2 heterocycles. The molecule has 0 amide bonds. The summed E-state index contributed by atoms with van der Waals surface area (Å²) < 4.78 is 1.62. The van der Waals surface area contributed by atoms with Crippen LogP contribution in [0.1, 0.15) is 12.2 Å². The van der Waals surface area contributed by atoms with Crippen LogP contribution >= 0.6 is 11.8 Å². The summed E-state index contributed by atoms with van der Waals surface area (Å²) in [6.45, 7) is 2.52. The predicted octanol–water partition coefficient (Wildman–Crippen LogP) is 1.04. The normalized spacial score (nSPS) is 10.7. The van der Waals surface area contributed by atoms with Crippen LogP contribution in [0.2, 0.25) is 0 Å². The first-order chi connectivity index (χ1) is 8.65. The average Bonchev–Trinajstić information content (AvgIpc) is 2.75. The van der Waals surface area contributed by atoms with Crippen molar-refractivity contribution in [2.75, 3.05) is 11.5 Å². The van der Waals surface area contributed by atoms with Crippen molar-refractivity contribution in [3.05, 3.63) is 34.5 Å². The lowest BCUT2D eigenvalue weighted by Gasteiger charge is -2.05. The van der Waals surface area contributed by atoms with Gasteiger partial charge in [0.1, 0.15) is 5.82 Å². The lowest BCUT2D eigenvalue weighted by molar-refractivity contribution is 0.659. The van der Waals surface area contributed by atoms with Gasteiger partial charge in [-0.3, -0.25) is 9.89 Å². The number of anilines is 1. The van der Waals surface area contributed by atoms with Crippen LogP contribution < -0.4 is 11.3 Å². The molecule has 0 unspecified atom stereocenters. The first-order valence-corrected chi connectivity index (χ1v) is 6.61. The molecule has 0 aliphatic carbocycles. The molecule has 0 atom stereocenters. The quantitative estimate of drug-likeness (QED) is 0.622. The lowest BCUT2D eigenvalue weighted by atomic mass is 10.4. The van der Waals surface area contributed by atoms with E-state index in [0.29, 0.717) is 12.2 Å². The van der Waals surface area contributed by atoms with Gasteiger partial charge in [-0.1, -0.05) is 11.8 Å². The molecule has 3 N–H and O–H groups in total. The minimum absolute atomic E-state index is 0.0251. The molecule has 0 aliphatic heterocycles. The highest BCUT2D eigenvalue weighted by Gasteiger charge is 2.01. The molecule has 0 fully saturated rings. The molecule has 96 valence electrons. The zero-order valence-corrected chi connectivity index (χ0v) is 10.9. The monoisotopic (exact) mass is 265 g/mol. The van der Waals surface area contributed by atoms with Crippen LogP contribution in [-0.4, -0.2) is 25.5 Å². The van der Waals surface area contributed by atoms with E-state index in [1.807, 2.05) is 6.92 Å². The number of hydrogen-bond donors (Lipinski definition) is 2. The Hall–Kier alpha value is -1.76. The predicted molar refractivity (Wildman–Crippen MR) is 71.6 cm³/mol. The van der Waals surface area contributed by atoms with E-state index in [1.165, 1.54) is 6.07 Å². The van der Waals surface area contributed by atoms with Gasteiger partial charge >= 0.3 is 0 Å². The van der Waals surface area contributed by atoms with Crippen LogP contribution in [0, 0.1) is 6.92 Å². The molecular formula is C11H15N5OS. The largest absolute Gasteiger partial charge is 0.398 e. The van der Waals surface area contributed by atoms with Crippen molar-refractivity contribution in [2.24, 2.45) is 0 Å². The Bertz CT molecular complexity index is 577. The molecule has 0 saturated carbocycles. The summed E-state index contributed by atoms with van der Waals surface area (Å²) in [6, 6.07) is 3.10. The summed E-state index contributed by atoms with van der Waals surface area (Å²) in [4.78, 5) is 15.7. The highest BCUT2D eigenvalue weighted by atomic mass is 32.2. The van der Waals surface area contributed by atoms with Crippen molar-refractivity contribution in [1.29, 1.82) is 0 Å². The number of aromatic amines is 1. The van der Waals surface area contributed by atoms with E-state index in [1.54, 1.807) is 28.6 Å². The average molecular weight is 265 g/mol. The van der Waals surface area contributed by atoms with E-state index in [0.717, 1.165) is 23.2 Å². The summed E-state index contributed by atoms with van der Waals surface area (Å²) in [5.41, 5.74) is 6.21. The van der Waals surface area contributed by atoms with Gasteiger partial charge < -0.3 is 10.3 Å². The number of H-pyrrole nitrogens is 1. The van der Waals surface area contributed by atoms with Gasteiger partial charge in [-0.25, -0.2) is 4.98 Å². The molecule has 2 rings (SSSR count). The SMILES string of the molecule is Cc1nc(SCCCn2cc(N)ccc2=O)n[nH]1. The Labute approximate surface area is 109 Å². The Morgan fingerprint density at radius 1 is 1.50 bits per heavy atom. The molecular weight excluding hydrogens is 250 g/mol. The Kier molecular flexibility index (Phi) is 4.03. The Morgan fingerprint density at radius 2 is 2.33 bits per heavy atom. The zero-order chi connectivity index (χ0) is 13.0. The van der Waals surface area contributed by atoms with Crippen molar-refractivity contribution >= 4 is 17.4 Å². The number of nitrogens with one attached hydrogen (secondary N) is 1. The van der Waals surface area contributed by atoms with Gasteiger partial charge in [-0.2, -0.15) is 0 Å². The molecule has 18 heavy (non-hydrogen) atoms. The van der Waals surface area contributed by atoms with Gasteiger partial charge in [0.05, 0.1) is 0 Å². The second-order valence-corrected chi connectivity index (χ2v) is 4.96. The van der Waals surface area contributed by atoms with Gasteiger partial charge in [-0.05, 0) is 19.4 Å². The van der Waals surface area contributed by atoms with Crippen LogP contribution in [0.5, 0.6) is 0 Å². The number of nitrogens with zero attached hydrogens (tertiary/aromatic N) is 3. The number of hydrogen-bond acceptors (Lipinski definition) is 5. The number of nitrogens with two attached hydrogens (primary N) is 1. The molecule has 7 heteroatoms. The van der Waals surface area contributed by atoms with Crippen molar-refractivity contribution < 1.29 is 0 Å². The van der Waals surface area contributed by atoms with Crippen LogP contribution in [0.25, 0.3) is 0 Å². The third-order valence-corrected chi connectivity index (χ3v) is 3.29. The second-order valence-electron chi connectivity index (χ2n) is 3.90. The van der Waals surface area contributed by atoms with Crippen molar-refractivity contribution in [3.8, 4) is 0 Å². The first-order valence-electron chi connectivity index (χ1n) is 5.63. The number of aromatic nitrogens is 4. The topological polar surface area (TPSA) is 89.6 Å². The number of aryl methyl sites for hydroxylation is 2. The molecule has 0 saturated heterocycles. The van der Waals surface area contributed by atoms with Crippen LogP contribution in [-0.2, 0) is 6.54 Å². The Balaban J connectivity index is 1.82. The highest BCUT2D eigenvalue weighted by molar-refractivity contribution is 7.99. The summed E-state index contributed by atoms with van der Waals surface area (Å²) in [5, 5.41) is 7.56. The summed E-state index contributed by atoms with van der Waals surface area (Å²) in [7, 11) is 0. The summed E-state index contributed by atoms with van der Waals surface area (Å²) >= 11 is 1.57. The Morgan fingerprint density at radius 3 is 3.06 bits per heavy atom. The van der Waals surface area contributed by atoms with E-state index >= 15 is 0 Å². The molecule has 0 aliphatic rings. The third-order valence-electron chi connectivity index (χ3n) is 2.36. The molecule has 6 nitrogen and oxygen atoms in total. The van der Waals surface area contributed by atoms with Gasteiger partial charge in [0.25, 0.3) is 5.56 Å². The highest BCUT2D eigenvalue weighted by Crippen LogP contribution is 2.13. The van der Waals surface area contributed by atoms with Crippen LogP contribution in [0.3, 0.4) is 0 Å². The van der Waals surface area contributed by atoms with E-state index in [4.69, 9.17) is 5.73 Å². The van der Waals surface area contributed by atoms with E-state index in [2.05, 4.69) is 15.2 Å². The summed E-state index contributed by atoms with van der Waals surface area (Å²) in [6.07, 6.45) is 2.53. The van der Waals surface area contributed by atoms with Crippen LogP contribution in [0.15, 0.2) is 28.3 Å². The molecule has 2 aromatic heterocycles. The number of nitrogen functional groups attached to an aromatic ring is 1. The van der Waals surface area contributed by atoms with Crippen molar-refractivity contribution in [1.82, 2.24) is 19.7 Å². The third kappa shape index (κ3) is 3.36. The molecule has 2 aromatic rings.